The number of β-amino-alcohol motifs (C(OH)–C–C–N with tert-alkyl or cyclic N) is 1. The highest BCUT2D eigenvalue weighted by atomic mass is 16.3. The number of rotatable bonds is 8. The zero-order valence-corrected chi connectivity index (χ0v) is 16.0. The molecule has 146 valence electrons. The molecule has 1 saturated heterocycles. The Morgan fingerprint density at radius 3 is 2.93 bits per heavy atom. The smallest absolute Gasteiger partial charge is 0.135 e. The van der Waals surface area contributed by atoms with Gasteiger partial charge in [0.05, 0.1) is 6.10 Å². The maximum absolute atomic E-state index is 10.1. The van der Waals surface area contributed by atoms with Gasteiger partial charge in [0.15, 0.2) is 0 Å². The molecular formula is C18H28N8O. The lowest BCUT2D eigenvalue weighted by molar-refractivity contribution is 0.191. The van der Waals surface area contributed by atoms with Crippen LogP contribution in [0.3, 0.4) is 0 Å². The Morgan fingerprint density at radius 1 is 1.30 bits per heavy atom. The molecule has 0 radical (unpaired) electrons. The minimum atomic E-state index is -0.309. The summed E-state index contributed by atoms with van der Waals surface area (Å²) in [6.45, 7) is 3.06. The first-order valence-corrected chi connectivity index (χ1v) is 9.63. The van der Waals surface area contributed by atoms with Gasteiger partial charge in [-0.2, -0.15) is 0 Å². The van der Waals surface area contributed by atoms with Crippen molar-refractivity contribution in [2.24, 2.45) is 0 Å². The fraction of sp³-hybridized carbons (Fsp3) is 0.667. The van der Waals surface area contributed by atoms with Crippen LogP contribution in [-0.2, 0) is 6.54 Å². The molecular weight excluding hydrogens is 344 g/mol. The van der Waals surface area contributed by atoms with Gasteiger partial charge in [-0.1, -0.05) is 0 Å². The van der Waals surface area contributed by atoms with Crippen LogP contribution in [0.5, 0.6) is 0 Å². The summed E-state index contributed by atoms with van der Waals surface area (Å²) < 4.78 is 2.12. The summed E-state index contributed by atoms with van der Waals surface area (Å²) in [5, 5.41) is 21.7. The Hall–Kier alpha value is -2.26. The van der Waals surface area contributed by atoms with E-state index in [-0.39, 0.29) is 12.1 Å². The molecule has 0 spiro atoms. The number of hydrogen-bond donors (Lipinski definition) is 2. The van der Waals surface area contributed by atoms with Crippen LogP contribution in [0.2, 0.25) is 0 Å². The molecule has 1 saturated carbocycles. The highest BCUT2D eigenvalue weighted by Crippen LogP contribution is 2.38. The van der Waals surface area contributed by atoms with E-state index in [1.807, 2.05) is 6.07 Å². The standard InChI is InChI=1S/C18H28N8O/c1-24(2)9-14-7-15(27)10-26(14)17-8-16(20-11-21-17)19-5-6-25-12-22-23-18(25)13-3-4-13/h8,11-15,27H,3-7,9-10H2,1-2H3,(H,19,20,21)/t14-,15-/m1/s1. The Kier molecular flexibility index (Phi) is 5.22. The van der Waals surface area contributed by atoms with Gasteiger partial charge in [0.1, 0.15) is 30.1 Å². The summed E-state index contributed by atoms with van der Waals surface area (Å²) in [7, 11) is 4.10. The lowest BCUT2D eigenvalue weighted by Gasteiger charge is -2.27. The highest BCUT2D eigenvalue weighted by Gasteiger charge is 2.32. The number of anilines is 2. The highest BCUT2D eigenvalue weighted by molar-refractivity contribution is 5.50. The molecule has 2 aromatic heterocycles. The van der Waals surface area contributed by atoms with Gasteiger partial charge in [-0.15, -0.1) is 10.2 Å². The van der Waals surface area contributed by atoms with E-state index in [1.54, 1.807) is 12.7 Å². The summed E-state index contributed by atoms with van der Waals surface area (Å²) in [6.07, 6.45) is 6.29. The Morgan fingerprint density at radius 2 is 2.15 bits per heavy atom. The zero-order valence-electron chi connectivity index (χ0n) is 16.0. The van der Waals surface area contributed by atoms with Crippen LogP contribution in [0.25, 0.3) is 0 Å². The first-order chi connectivity index (χ1) is 13.1. The van der Waals surface area contributed by atoms with E-state index in [1.165, 1.54) is 12.8 Å². The van der Waals surface area contributed by atoms with Crippen molar-refractivity contribution in [2.75, 3.05) is 43.9 Å². The van der Waals surface area contributed by atoms with Crippen molar-refractivity contribution in [3.8, 4) is 0 Å². The van der Waals surface area contributed by atoms with Gasteiger partial charge in [0.2, 0.25) is 0 Å². The van der Waals surface area contributed by atoms with Crippen LogP contribution < -0.4 is 10.2 Å². The third-order valence-electron chi connectivity index (χ3n) is 5.16. The molecule has 9 heteroatoms. The van der Waals surface area contributed by atoms with Crippen molar-refractivity contribution in [3.63, 3.8) is 0 Å². The van der Waals surface area contributed by atoms with Crippen molar-refractivity contribution < 1.29 is 5.11 Å². The minimum Gasteiger partial charge on any atom is -0.391 e. The lowest BCUT2D eigenvalue weighted by Crippen LogP contribution is -2.38. The van der Waals surface area contributed by atoms with Gasteiger partial charge in [-0.25, -0.2) is 9.97 Å². The van der Waals surface area contributed by atoms with Crippen molar-refractivity contribution in [3.05, 3.63) is 24.5 Å². The predicted molar refractivity (Wildman–Crippen MR) is 103 cm³/mol. The second-order valence-electron chi connectivity index (χ2n) is 7.80. The van der Waals surface area contributed by atoms with E-state index in [4.69, 9.17) is 0 Å². The second kappa shape index (κ2) is 7.77. The van der Waals surface area contributed by atoms with E-state index in [0.717, 1.165) is 43.5 Å². The van der Waals surface area contributed by atoms with Gasteiger partial charge in [0.25, 0.3) is 0 Å². The largest absolute Gasteiger partial charge is 0.391 e. The fourth-order valence-electron chi connectivity index (χ4n) is 3.77. The topological polar surface area (TPSA) is 95.2 Å². The monoisotopic (exact) mass is 372 g/mol. The van der Waals surface area contributed by atoms with E-state index in [0.29, 0.717) is 12.5 Å². The maximum Gasteiger partial charge on any atom is 0.135 e. The lowest BCUT2D eigenvalue weighted by atomic mass is 10.2. The van der Waals surface area contributed by atoms with Crippen molar-refractivity contribution in [2.45, 2.75) is 43.9 Å². The third-order valence-corrected chi connectivity index (χ3v) is 5.16. The molecule has 2 aliphatic rings. The van der Waals surface area contributed by atoms with Crippen molar-refractivity contribution in [1.29, 1.82) is 0 Å². The number of nitrogens with zero attached hydrogens (tertiary/aromatic N) is 7. The summed E-state index contributed by atoms with van der Waals surface area (Å²) in [6, 6.07) is 2.23. The van der Waals surface area contributed by atoms with Crippen LogP contribution in [0, 0.1) is 0 Å². The molecule has 4 rings (SSSR count). The Balaban J connectivity index is 1.37. The van der Waals surface area contributed by atoms with Gasteiger partial charge >= 0.3 is 0 Å². The summed E-state index contributed by atoms with van der Waals surface area (Å²) in [5.41, 5.74) is 0. The van der Waals surface area contributed by atoms with Crippen LogP contribution in [0.4, 0.5) is 11.6 Å². The molecule has 0 aromatic carbocycles. The van der Waals surface area contributed by atoms with Crippen molar-refractivity contribution >= 4 is 11.6 Å². The van der Waals surface area contributed by atoms with Crippen LogP contribution >= 0.6 is 0 Å². The van der Waals surface area contributed by atoms with Crippen LogP contribution in [0.1, 0.15) is 31.0 Å². The molecule has 0 bridgehead atoms. The molecule has 3 heterocycles. The SMILES string of the molecule is CN(C)C[C@H]1C[C@@H](O)CN1c1cc(NCCn2cnnc2C2CC2)ncn1. The zero-order chi connectivity index (χ0) is 18.8. The number of aliphatic hydroxyl groups is 1. The summed E-state index contributed by atoms with van der Waals surface area (Å²) in [4.78, 5) is 13.1. The molecule has 0 amide bonds. The van der Waals surface area contributed by atoms with Crippen LogP contribution in [-0.4, -0.2) is 80.6 Å². The van der Waals surface area contributed by atoms with Crippen molar-refractivity contribution in [1.82, 2.24) is 29.6 Å². The summed E-state index contributed by atoms with van der Waals surface area (Å²) in [5.74, 6) is 3.34. The van der Waals surface area contributed by atoms with Gasteiger partial charge in [-0.05, 0) is 33.4 Å². The van der Waals surface area contributed by atoms with Gasteiger partial charge in [0, 0.05) is 44.2 Å². The quantitative estimate of drug-likeness (QED) is 0.694. The minimum absolute atomic E-state index is 0.260. The molecule has 0 unspecified atom stereocenters. The first-order valence-electron chi connectivity index (χ1n) is 9.63. The predicted octanol–water partition coefficient (Wildman–Crippen LogP) is 0.559. The first kappa shape index (κ1) is 18.1. The molecule has 27 heavy (non-hydrogen) atoms. The molecule has 2 N–H and O–H groups in total. The van der Waals surface area contributed by atoms with Gasteiger partial charge < -0.3 is 24.8 Å². The molecule has 2 atom stereocenters. The second-order valence-corrected chi connectivity index (χ2v) is 7.80. The molecule has 2 fully saturated rings. The average Bonchev–Trinajstić information content (AvgIpc) is 3.26. The van der Waals surface area contributed by atoms with E-state index in [2.05, 4.69) is 53.9 Å². The van der Waals surface area contributed by atoms with E-state index >= 15 is 0 Å². The van der Waals surface area contributed by atoms with E-state index < -0.39 is 0 Å². The fourth-order valence-corrected chi connectivity index (χ4v) is 3.77. The number of nitrogens with one attached hydrogen (secondary N) is 1. The van der Waals surface area contributed by atoms with Crippen LogP contribution in [0.15, 0.2) is 18.7 Å². The molecule has 2 aromatic rings. The average molecular weight is 372 g/mol. The molecule has 9 nitrogen and oxygen atoms in total. The molecule has 1 aliphatic carbocycles. The number of aliphatic hydroxyl groups excluding tert-OH is 1. The third kappa shape index (κ3) is 4.36. The Bertz CT molecular complexity index is 759. The van der Waals surface area contributed by atoms with E-state index in [9.17, 15) is 5.11 Å². The maximum atomic E-state index is 10.1. The number of aromatic nitrogens is 5. The normalized spacial score (nSPS) is 22.6. The van der Waals surface area contributed by atoms with Gasteiger partial charge in [-0.3, -0.25) is 0 Å². The Labute approximate surface area is 159 Å². The number of likely N-dealkylation sites (N-methyl/N-ethyl adjacent to an activating group) is 1. The summed E-state index contributed by atoms with van der Waals surface area (Å²) >= 11 is 0. The molecule has 1 aliphatic heterocycles. The number of hydrogen-bond acceptors (Lipinski definition) is 8.